The minimum atomic E-state index is -0.775. The van der Waals surface area contributed by atoms with Gasteiger partial charge in [-0.2, -0.15) is 0 Å². The highest BCUT2D eigenvalue weighted by molar-refractivity contribution is 6.06. The van der Waals surface area contributed by atoms with Gasteiger partial charge >= 0.3 is 5.97 Å². The van der Waals surface area contributed by atoms with Crippen molar-refractivity contribution < 1.29 is 18.7 Å². The summed E-state index contributed by atoms with van der Waals surface area (Å²) in [7, 11) is 0. The standard InChI is InChI=1S/C27H24FN5O3.2ClH/c1-15(29)26(35)36-14-19-6-8-20(28)11-21(19)16-7-9-23-22(10-16)24(32-27(30)31-23)25(34)33-12-17-4-2-3-5-18(17)13-33;;/h2-11,15H,12-14,29H2,1H3,(H2,30,31,32);2*1H. The molecule has 1 aliphatic rings. The fraction of sp³-hybridized carbons (Fsp3) is 0.185. The summed E-state index contributed by atoms with van der Waals surface area (Å²) in [5.74, 6) is -1.29. The number of anilines is 1. The topological polar surface area (TPSA) is 124 Å². The van der Waals surface area contributed by atoms with E-state index in [2.05, 4.69) is 9.97 Å². The van der Waals surface area contributed by atoms with Gasteiger partial charge in [0.1, 0.15) is 24.2 Å². The van der Waals surface area contributed by atoms with Crippen molar-refractivity contribution in [3.8, 4) is 11.1 Å². The molecule has 8 nitrogen and oxygen atoms in total. The number of ether oxygens (including phenoxy) is 1. The number of fused-ring (bicyclic) bond motifs is 2. The molecule has 0 saturated carbocycles. The highest BCUT2D eigenvalue weighted by Crippen LogP contribution is 2.31. The van der Waals surface area contributed by atoms with Crippen molar-refractivity contribution in [3.63, 3.8) is 0 Å². The Hall–Kier alpha value is -3.79. The number of nitrogen functional groups attached to an aromatic ring is 1. The first kappa shape index (κ1) is 28.8. The Balaban J connectivity index is 0.00000200. The Morgan fingerprint density at radius 3 is 2.37 bits per heavy atom. The summed E-state index contributed by atoms with van der Waals surface area (Å²) in [6.45, 7) is 2.39. The fourth-order valence-electron chi connectivity index (χ4n) is 4.33. The van der Waals surface area contributed by atoms with Gasteiger partial charge in [-0.25, -0.2) is 14.4 Å². The van der Waals surface area contributed by atoms with Gasteiger partial charge in [0.2, 0.25) is 5.95 Å². The number of aromatic nitrogens is 2. The third-order valence-electron chi connectivity index (χ3n) is 6.17. The summed E-state index contributed by atoms with van der Waals surface area (Å²) < 4.78 is 19.5. The van der Waals surface area contributed by atoms with Gasteiger partial charge in [0, 0.05) is 18.5 Å². The summed E-state index contributed by atoms with van der Waals surface area (Å²) in [6, 6.07) is 16.5. The first-order chi connectivity index (χ1) is 17.3. The van der Waals surface area contributed by atoms with Gasteiger partial charge in [0.05, 0.1) is 5.52 Å². The fourth-order valence-corrected chi connectivity index (χ4v) is 4.33. The van der Waals surface area contributed by atoms with Crippen molar-refractivity contribution in [2.75, 3.05) is 5.73 Å². The second-order valence-electron chi connectivity index (χ2n) is 8.79. The third kappa shape index (κ3) is 5.70. The van der Waals surface area contributed by atoms with E-state index in [9.17, 15) is 14.0 Å². The number of halogens is 3. The van der Waals surface area contributed by atoms with Crippen LogP contribution in [0.4, 0.5) is 10.3 Å². The molecule has 1 aromatic heterocycles. The Morgan fingerprint density at radius 1 is 1.03 bits per heavy atom. The highest BCUT2D eigenvalue weighted by Gasteiger charge is 2.27. The summed E-state index contributed by atoms with van der Waals surface area (Å²) >= 11 is 0. The quantitative estimate of drug-likeness (QED) is 0.348. The third-order valence-corrected chi connectivity index (χ3v) is 6.17. The molecule has 1 atom stereocenters. The van der Waals surface area contributed by atoms with Crippen LogP contribution in [0.3, 0.4) is 0 Å². The molecule has 198 valence electrons. The molecule has 4 N–H and O–H groups in total. The smallest absolute Gasteiger partial charge is 0.322 e. The van der Waals surface area contributed by atoms with Crippen LogP contribution in [0.5, 0.6) is 0 Å². The lowest BCUT2D eigenvalue weighted by Crippen LogP contribution is -2.28. The number of hydrogen-bond acceptors (Lipinski definition) is 7. The number of esters is 1. The van der Waals surface area contributed by atoms with Crippen molar-refractivity contribution in [3.05, 3.63) is 88.9 Å². The molecule has 0 fully saturated rings. The number of hydrogen-bond donors (Lipinski definition) is 2. The molecule has 0 aliphatic carbocycles. The second-order valence-corrected chi connectivity index (χ2v) is 8.79. The maximum Gasteiger partial charge on any atom is 0.322 e. The van der Waals surface area contributed by atoms with E-state index in [4.69, 9.17) is 16.2 Å². The van der Waals surface area contributed by atoms with Gasteiger partial charge in [0.25, 0.3) is 5.91 Å². The Labute approximate surface area is 231 Å². The maximum absolute atomic E-state index is 14.2. The van der Waals surface area contributed by atoms with Crippen LogP contribution in [0, 0.1) is 5.82 Å². The number of nitrogens with two attached hydrogens (primary N) is 2. The molecule has 0 saturated heterocycles. The van der Waals surface area contributed by atoms with Crippen LogP contribution in [0.15, 0.2) is 60.7 Å². The van der Waals surface area contributed by atoms with Gasteiger partial charge in [-0.15, -0.1) is 24.8 Å². The van der Waals surface area contributed by atoms with Crippen molar-refractivity contribution in [1.29, 1.82) is 0 Å². The van der Waals surface area contributed by atoms with Gasteiger partial charge < -0.3 is 21.1 Å². The number of benzene rings is 3. The van der Waals surface area contributed by atoms with Gasteiger partial charge in [-0.3, -0.25) is 9.59 Å². The molecule has 0 spiro atoms. The molecule has 4 aromatic rings. The molecule has 0 bridgehead atoms. The Kier molecular flexibility index (Phi) is 8.88. The summed E-state index contributed by atoms with van der Waals surface area (Å²) in [4.78, 5) is 35.7. The predicted octanol–water partition coefficient (Wildman–Crippen LogP) is 4.41. The van der Waals surface area contributed by atoms with E-state index in [-0.39, 0.29) is 49.0 Å². The van der Waals surface area contributed by atoms with Crippen LogP contribution in [0.25, 0.3) is 22.0 Å². The van der Waals surface area contributed by atoms with E-state index in [1.807, 2.05) is 24.3 Å². The molecule has 1 aliphatic heterocycles. The van der Waals surface area contributed by atoms with Gasteiger partial charge in [-0.1, -0.05) is 36.4 Å². The number of carbonyl (C=O) groups excluding carboxylic acids is 2. The first-order valence-corrected chi connectivity index (χ1v) is 11.4. The summed E-state index contributed by atoms with van der Waals surface area (Å²) in [6.07, 6.45) is 0. The predicted molar refractivity (Wildman–Crippen MR) is 147 cm³/mol. The lowest BCUT2D eigenvalue weighted by Gasteiger charge is -2.17. The van der Waals surface area contributed by atoms with Crippen molar-refractivity contribution in [2.45, 2.75) is 32.7 Å². The molecule has 38 heavy (non-hydrogen) atoms. The minimum absolute atomic E-state index is 0. The van der Waals surface area contributed by atoms with Crippen LogP contribution in [0.2, 0.25) is 0 Å². The summed E-state index contributed by atoms with van der Waals surface area (Å²) in [5, 5.41) is 0.491. The molecule has 5 rings (SSSR count). The number of rotatable bonds is 5. The van der Waals surface area contributed by atoms with Crippen molar-refractivity contribution >= 4 is 53.5 Å². The van der Waals surface area contributed by atoms with Crippen molar-refractivity contribution in [2.24, 2.45) is 5.73 Å². The first-order valence-electron chi connectivity index (χ1n) is 11.4. The van der Waals surface area contributed by atoms with Crippen LogP contribution in [0.1, 0.15) is 34.1 Å². The van der Waals surface area contributed by atoms with E-state index < -0.39 is 17.8 Å². The average Bonchev–Trinajstić information content (AvgIpc) is 3.31. The lowest BCUT2D eigenvalue weighted by atomic mass is 9.97. The Bertz CT molecular complexity index is 1490. The monoisotopic (exact) mass is 557 g/mol. The number of carbonyl (C=O) groups is 2. The van der Waals surface area contributed by atoms with Gasteiger partial charge in [0.15, 0.2) is 0 Å². The van der Waals surface area contributed by atoms with Crippen LogP contribution in [-0.2, 0) is 29.2 Å². The molecular formula is C27H26Cl2FN5O3. The Morgan fingerprint density at radius 2 is 1.71 bits per heavy atom. The van der Waals surface area contributed by atoms with Gasteiger partial charge in [-0.05, 0) is 59.0 Å². The van der Waals surface area contributed by atoms with Crippen LogP contribution >= 0.6 is 24.8 Å². The SMILES string of the molecule is CC(N)C(=O)OCc1ccc(F)cc1-c1ccc2nc(N)nc(C(=O)N3Cc4ccccc4C3)c2c1.Cl.Cl. The molecule has 2 heterocycles. The zero-order valence-electron chi connectivity index (χ0n) is 20.4. The largest absolute Gasteiger partial charge is 0.460 e. The highest BCUT2D eigenvalue weighted by atomic mass is 35.5. The lowest BCUT2D eigenvalue weighted by molar-refractivity contribution is -0.146. The van der Waals surface area contributed by atoms with E-state index in [1.54, 1.807) is 29.2 Å². The normalized spacial score (nSPS) is 12.8. The molecule has 11 heteroatoms. The zero-order valence-corrected chi connectivity index (χ0v) is 22.0. The van der Waals surface area contributed by atoms with E-state index in [0.29, 0.717) is 40.7 Å². The summed E-state index contributed by atoms with van der Waals surface area (Å²) in [5.41, 5.74) is 16.1. The number of nitrogens with zero attached hydrogens (tertiary/aromatic N) is 3. The number of amides is 1. The van der Waals surface area contributed by atoms with E-state index >= 15 is 0 Å². The molecule has 1 amide bonds. The zero-order chi connectivity index (χ0) is 25.4. The van der Waals surface area contributed by atoms with Crippen molar-refractivity contribution in [1.82, 2.24) is 14.9 Å². The molecular weight excluding hydrogens is 532 g/mol. The van der Waals surface area contributed by atoms with E-state index in [0.717, 1.165) is 11.1 Å². The molecule has 0 radical (unpaired) electrons. The second kappa shape index (κ2) is 11.7. The maximum atomic E-state index is 14.2. The minimum Gasteiger partial charge on any atom is -0.460 e. The van der Waals surface area contributed by atoms with Crippen LogP contribution < -0.4 is 11.5 Å². The van der Waals surface area contributed by atoms with E-state index in [1.165, 1.54) is 19.1 Å². The molecule has 1 unspecified atom stereocenters. The average molecular weight is 558 g/mol. The molecule has 3 aromatic carbocycles. The van der Waals surface area contributed by atoms with Crippen LogP contribution in [-0.4, -0.2) is 32.8 Å².